The number of likely N-dealkylation sites (tertiary alicyclic amines) is 1. The highest BCUT2D eigenvalue weighted by molar-refractivity contribution is 5.94. The lowest BCUT2D eigenvalue weighted by Crippen LogP contribution is -2.36. The summed E-state index contributed by atoms with van der Waals surface area (Å²) >= 11 is 0. The van der Waals surface area contributed by atoms with E-state index in [1.165, 1.54) is 31.5 Å². The van der Waals surface area contributed by atoms with Gasteiger partial charge in [-0.25, -0.2) is 0 Å². The van der Waals surface area contributed by atoms with E-state index in [4.69, 9.17) is 0 Å². The second-order valence-corrected chi connectivity index (χ2v) is 7.16. The Kier molecular flexibility index (Phi) is 6.01. The molecular weight excluding hydrogens is 272 g/mol. The van der Waals surface area contributed by atoms with Crippen molar-refractivity contribution in [1.82, 2.24) is 10.2 Å². The van der Waals surface area contributed by atoms with Crippen LogP contribution >= 0.6 is 0 Å². The van der Waals surface area contributed by atoms with E-state index in [1.807, 2.05) is 19.1 Å². The molecule has 0 radical (unpaired) electrons. The van der Waals surface area contributed by atoms with E-state index in [9.17, 15) is 4.79 Å². The van der Waals surface area contributed by atoms with E-state index in [0.29, 0.717) is 5.92 Å². The number of carbonyl (C=O) groups excluding carboxylic acids is 1. The maximum absolute atomic E-state index is 12.2. The Morgan fingerprint density at radius 1 is 1.18 bits per heavy atom. The maximum Gasteiger partial charge on any atom is 0.251 e. The fourth-order valence-corrected chi connectivity index (χ4v) is 2.70. The van der Waals surface area contributed by atoms with Crippen LogP contribution in [0.1, 0.15) is 56.5 Å². The Morgan fingerprint density at radius 2 is 1.77 bits per heavy atom. The molecule has 0 spiro atoms. The van der Waals surface area contributed by atoms with E-state index < -0.39 is 0 Å². The minimum absolute atomic E-state index is 0.0274. The molecule has 0 unspecified atom stereocenters. The predicted octanol–water partition coefficient (Wildman–Crippen LogP) is 3.69. The molecule has 1 N–H and O–H groups in total. The highest BCUT2D eigenvalue weighted by atomic mass is 16.1. The number of hydrogen-bond donors (Lipinski definition) is 1. The average Bonchev–Trinajstić information content (AvgIpc) is 2.50. The van der Waals surface area contributed by atoms with Crippen molar-refractivity contribution in [2.45, 2.75) is 53.1 Å². The number of carbonyl (C=O) groups is 1. The van der Waals surface area contributed by atoms with Crippen LogP contribution in [0, 0.1) is 11.8 Å². The van der Waals surface area contributed by atoms with Gasteiger partial charge in [-0.2, -0.15) is 0 Å². The van der Waals surface area contributed by atoms with Crippen LogP contribution in [-0.4, -0.2) is 29.9 Å². The zero-order chi connectivity index (χ0) is 16.1. The van der Waals surface area contributed by atoms with Gasteiger partial charge in [0.25, 0.3) is 5.91 Å². The maximum atomic E-state index is 12.2. The molecule has 1 aromatic rings. The van der Waals surface area contributed by atoms with Crippen LogP contribution in [0.3, 0.4) is 0 Å². The topological polar surface area (TPSA) is 32.3 Å². The molecule has 1 fully saturated rings. The Labute approximate surface area is 135 Å². The van der Waals surface area contributed by atoms with Crippen molar-refractivity contribution < 1.29 is 4.79 Å². The third-order valence-electron chi connectivity index (χ3n) is 4.86. The second-order valence-electron chi connectivity index (χ2n) is 7.16. The Balaban J connectivity index is 1.88. The summed E-state index contributed by atoms with van der Waals surface area (Å²) in [6, 6.07) is 8.27. The summed E-state index contributed by atoms with van der Waals surface area (Å²) in [7, 11) is 0. The number of nitrogens with one attached hydrogen (secondary N) is 1. The monoisotopic (exact) mass is 302 g/mol. The first-order valence-electron chi connectivity index (χ1n) is 8.58. The first kappa shape index (κ1) is 17.0. The van der Waals surface area contributed by atoms with Gasteiger partial charge in [-0.3, -0.25) is 9.69 Å². The van der Waals surface area contributed by atoms with Crippen LogP contribution in [0.15, 0.2) is 24.3 Å². The molecule has 2 rings (SSSR count). The van der Waals surface area contributed by atoms with E-state index in [0.717, 1.165) is 18.0 Å². The molecule has 3 heteroatoms. The number of benzene rings is 1. The Hall–Kier alpha value is -1.35. The molecule has 0 saturated carbocycles. The van der Waals surface area contributed by atoms with Crippen molar-refractivity contribution in [3.63, 3.8) is 0 Å². The molecule has 1 heterocycles. The van der Waals surface area contributed by atoms with E-state index >= 15 is 0 Å². The van der Waals surface area contributed by atoms with E-state index in [2.05, 4.69) is 43.1 Å². The molecule has 1 saturated heterocycles. The van der Waals surface area contributed by atoms with Crippen molar-refractivity contribution in [3.8, 4) is 0 Å². The zero-order valence-corrected chi connectivity index (χ0v) is 14.4. The lowest BCUT2D eigenvalue weighted by Gasteiger charge is -2.30. The standard InChI is InChI=1S/C19H30N2O/c1-14(2)16(4)20-19(22)18-7-5-17(6-8-18)13-21-11-9-15(3)10-12-21/h5-8,14-16H,9-13H2,1-4H3,(H,20,22)/t16-/m0/s1. The minimum Gasteiger partial charge on any atom is -0.349 e. The van der Waals surface area contributed by atoms with Gasteiger partial charge in [0.2, 0.25) is 0 Å². The molecule has 0 aromatic heterocycles. The highest BCUT2D eigenvalue weighted by Gasteiger charge is 2.16. The highest BCUT2D eigenvalue weighted by Crippen LogP contribution is 2.18. The van der Waals surface area contributed by atoms with Gasteiger partial charge in [0.05, 0.1) is 0 Å². The quantitative estimate of drug-likeness (QED) is 0.899. The molecule has 22 heavy (non-hydrogen) atoms. The molecule has 0 bridgehead atoms. The predicted molar refractivity (Wildman–Crippen MR) is 91.9 cm³/mol. The van der Waals surface area contributed by atoms with Crippen LogP contribution in [0.5, 0.6) is 0 Å². The largest absolute Gasteiger partial charge is 0.349 e. The fraction of sp³-hybridized carbons (Fsp3) is 0.632. The summed E-state index contributed by atoms with van der Waals surface area (Å²) in [4.78, 5) is 14.7. The van der Waals surface area contributed by atoms with Gasteiger partial charge < -0.3 is 5.32 Å². The van der Waals surface area contributed by atoms with Crippen molar-refractivity contribution in [2.75, 3.05) is 13.1 Å². The fourth-order valence-electron chi connectivity index (χ4n) is 2.70. The van der Waals surface area contributed by atoms with Crippen LogP contribution in [-0.2, 0) is 6.54 Å². The molecule has 1 aromatic carbocycles. The van der Waals surface area contributed by atoms with Gasteiger partial charge in [-0.05, 0) is 62.4 Å². The molecule has 122 valence electrons. The summed E-state index contributed by atoms with van der Waals surface area (Å²) in [5.74, 6) is 1.34. The van der Waals surface area contributed by atoms with Gasteiger partial charge in [-0.15, -0.1) is 0 Å². The number of amides is 1. The first-order valence-corrected chi connectivity index (χ1v) is 8.58. The van der Waals surface area contributed by atoms with E-state index in [-0.39, 0.29) is 11.9 Å². The zero-order valence-electron chi connectivity index (χ0n) is 14.4. The number of piperidine rings is 1. The third-order valence-corrected chi connectivity index (χ3v) is 4.86. The summed E-state index contributed by atoms with van der Waals surface area (Å²) in [6.45, 7) is 12.0. The second kappa shape index (κ2) is 7.77. The van der Waals surface area contributed by atoms with Crippen LogP contribution in [0.4, 0.5) is 0 Å². The summed E-state index contributed by atoms with van der Waals surface area (Å²) in [6.07, 6.45) is 2.60. The molecule has 1 amide bonds. The van der Waals surface area contributed by atoms with Crippen molar-refractivity contribution in [3.05, 3.63) is 35.4 Å². The third kappa shape index (κ3) is 4.84. The molecular formula is C19H30N2O. The lowest BCUT2D eigenvalue weighted by molar-refractivity contribution is 0.0930. The smallest absolute Gasteiger partial charge is 0.251 e. The number of nitrogens with zero attached hydrogens (tertiary/aromatic N) is 1. The molecule has 0 aliphatic carbocycles. The van der Waals surface area contributed by atoms with Crippen LogP contribution in [0.25, 0.3) is 0 Å². The van der Waals surface area contributed by atoms with Crippen molar-refractivity contribution >= 4 is 5.91 Å². The molecule has 1 aliphatic heterocycles. The lowest BCUT2D eigenvalue weighted by atomic mass is 9.99. The normalized spacial score (nSPS) is 18.4. The van der Waals surface area contributed by atoms with Gasteiger partial charge in [-0.1, -0.05) is 32.9 Å². The van der Waals surface area contributed by atoms with E-state index in [1.54, 1.807) is 0 Å². The molecule has 3 nitrogen and oxygen atoms in total. The minimum atomic E-state index is 0.0274. The summed E-state index contributed by atoms with van der Waals surface area (Å²) < 4.78 is 0. The molecule has 1 atom stereocenters. The average molecular weight is 302 g/mol. The van der Waals surface area contributed by atoms with Crippen molar-refractivity contribution in [2.24, 2.45) is 11.8 Å². The van der Waals surface area contributed by atoms with Gasteiger partial charge in [0.1, 0.15) is 0 Å². The van der Waals surface area contributed by atoms with Crippen molar-refractivity contribution in [1.29, 1.82) is 0 Å². The number of hydrogen-bond acceptors (Lipinski definition) is 2. The summed E-state index contributed by atoms with van der Waals surface area (Å²) in [5, 5.41) is 3.05. The molecule has 1 aliphatic rings. The van der Waals surface area contributed by atoms with Gasteiger partial charge >= 0.3 is 0 Å². The first-order chi connectivity index (χ1) is 10.5. The summed E-state index contributed by atoms with van der Waals surface area (Å²) in [5.41, 5.74) is 2.05. The Morgan fingerprint density at radius 3 is 2.32 bits per heavy atom. The van der Waals surface area contributed by atoms with Crippen LogP contribution in [0.2, 0.25) is 0 Å². The van der Waals surface area contributed by atoms with Gasteiger partial charge in [0.15, 0.2) is 0 Å². The van der Waals surface area contributed by atoms with Crippen LogP contribution < -0.4 is 5.32 Å². The van der Waals surface area contributed by atoms with Gasteiger partial charge in [0, 0.05) is 18.2 Å². The number of rotatable bonds is 5. The Bertz CT molecular complexity index is 473. The SMILES string of the molecule is CC1CCN(Cc2ccc(C(=O)N[C@@H](C)C(C)C)cc2)CC1.